The number of hydrogen-bond donors (Lipinski definition) is 1. The Labute approximate surface area is 117 Å². The molecule has 19 heavy (non-hydrogen) atoms. The van der Waals surface area contributed by atoms with Crippen LogP contribution in [0.4, 0.5) is 5.82 Å². The number of pyridine rings is 1. The molecular weight excluding hydrogens is 234 g/mol. The van der Waals surface area contributed by atoms with E-state index in [1.165, 1.54) is 32.1 Å². The molecule has 0 radical (unpaired) electrons. The summed E-state index contributed by atoms with van der Waals surface area (Å²) in [4.78, 5) is 7.08. The van der Waals surface area contributed by atoms with Crippen molar-refractivity contribution in [2.75, 3.05) is 19.4 Å². The SMILES string of the molecule is CCC1CCC(N(C)Cc2cccc(NC)n2)CC1. The number of nitrogens with one attached hydrogen (secondary N) is 1. The fourth-order valence-corrected chi connectivity index (χ4v) is 3.09. The molecule has 0 amide bonds. The van der Waals surface area contributed by atoms with Crippen molar-refractivity contribution in [1.29, 1.82) is 0 Å². The molecule has 1 heterocycles. The van der Waals surface area contributed by atoms with Gasteiger partial charge in [0.2, 0.25) is 0 Å². The Kier molecular flexibility index (Phi) is 5.20. The molecule has 1 aromatic rings. The van der Waals surface area contributed by atoms with E-state index in [0.29, 0.717) is 0 Å². The lowest BCUT2D eigenvalue weighted by atomic mass is 9.84. The van der Waals surface area contributed by atoms with Crippen molar-refractivity contribution in [1.82, 2.24) is 9.88 Å². The van der Waals surface area contributed by atoms with Crippen molar-refractivity contribution < 1.29 is 0 Å². The lowest BCUT2D eigenvalue weighted by Gasteiger charge is -2.34. The molecule has 3 nitrogen and oxygen atoms in total. The average Bonchev–Trinajstić information content (AvgIpc) is 2.47. The van der Waals surface area contributed by atoms with E-state index < -0.39 is 0 Å². The molecule has 0 spiro atoms. The Morgan fingerprint density at radius 2 is 2.00 bits per heavy atom. The number of nitrogens with zero attached hydrogens (tertiary/aromatic N) is 2. The Morgan fingerprint density at radius 1 is 1.26 bits per heavy atom. The van der Waals surface area contributed by atoms with Crippen molar-refractivity contribution in [3.63, 3.8) is 0 Å². The Hall–Kier alpha value is -1.09. The second-order valence-corrected chi connectivity index (χ2v) is 5.76. The molecule has 3 heteroatoms. The minimum absolute atomic E-state index is 0.739. The van der Waals surface area contributed by atoms with Crippen molar-refractivity contribution >= 4 is 5.82 Å². The Morgan fingerprint density at radius 3 is 2.63 bits per heavy atom. The Balaban J connectivity index is 1.88. The van der Waals surface area contributed by atoms with Gasteiger partial charge in [0.05, 0.1) is 5.69 Å². The van der Waals surface area contributed by atoms with E-state index in [0.717, 1.165) is 30.0 Å². The van der Waals surface area contributed by atoms with Gasteiger partial charge in [-0.2, -0.15) is 0 Å². The number of anilines is 1. The highest BCUT2D eigenvalue weighted by Crippen LogP contribution is 2.29. The maximum Gasteiger partial charge on any atom is 0.126 e. The molecule has 0 bridgehead atoms. The lowest BCUT2D eigenvalue weighted by molar-refractivity contribution is 0.156. The molecule has 1 N–H and O–H groups in total. The Bertz CT molecular complexity index is 383. The van der Waals surface area contributed by atoms with Gasteiger partial charge < -0.3 is 5.32 Å². The monoisotopic (exact) mass is 261 g/mol. The van der Waals surface area contributed by atoms with Crippen molar-refractivity contribution in [3.05, 3.63) is 23.9 Å². The lowest BCUT2D eigenvalue weighted by Crippen LogP contribution is -2.34. The predicted molar refractivity (Wildman–Crippen MR) is 81.3 cm³/mol. The second-order valence-electron chi connectivity index (χ2n) is 5.76. The van der Waals surface area contributed by atoms with Crippen molar-refractivity contribution in [3.8, 4) is 0 Å². The largest absolute Gasteiger partial charge is 0.373 e. The molecule has 0 aliphatic heterocycles. The zero-order valence-electron chi connectivity index (χ0n) is 12.5. The van der Waals surface area contributed by atoms with Gasteiger partial charge in [0, 0.05) is 19.6 Å². The molecule has 1 fully saturated rings. The zero-order valence-corrected chi connectivity index (χ0v) is 12.5. The van der Waals surface area contributed by atoms with Gasteiger partial charge in [-0.05, 0) is 50.8 Å². The number of hydrogen-bond acceptors (Lipinski definition) is 3. The maximum atomic E-state index is 4.60. The first-order valence-corrected chi connectivity index (χ1v) is 7.56. The van der Waals surface area contributed by atoms with E-state index in [4.69, 9.17) is 0 Å². The summed E-state index contributed by atoms with van der Waals surface area (Å²) in [7, 11) is 4.16. The predicted octanol–water partition coefficient (Wildman–Crippen LogP) is 3.52. The summed E-state index contributed by atoms with van der Waals surface area (Å²) in [5.74, 6) is 1.93. The molecule has 106 valence electrons. The summed E-state index contributed by atoms with van der Waals surface area (Å²) in [5, 5.41) is 3.10. The molecule has 2 rings (SSSR count). The van der Waals surface area contributed by atoms with Gasteiger partial charge in [-0.3, -0.25) is 4.90 Å². The van der Waals surface area contributed by atoms with Crippen LogP contribution in [0.2, 0.25) is 0 Å². The zero-order chi connectivity index (χ0) is 13.7. The summed E-state index contributed by atoms with van der Waals surface area (Å²) in [6.45, 7) is 3.28. The van der Waals surface area contributed by atoms with Crippen LogP contribution in [0.25, 0.3) is 0 Å². The van der Waals surface area contributed by atoms with Gasteiger partial charge in [-0.1, -0.05) is 19.4 Å². The van der Waals surface area contributed by atoms with E-state index in [9.17, 15) is 0 Å². The molecule has 0 aromatic carbocycles. The molecule has 1 aliphatic carbocycles. The van der Waals surface area contributed by atoms with E-state index in [-0.39, 0.29) is 0 Å². The normalized spacial score (nSPS) is 23.6. The third-order valence-electron chi connectivity index (χ3n) is 4.49. The molecule has 0 saturated heterocycles. The fourth-order valence-electron chi connectivity index (χ4n) is 3.09. The van der Waals surface area contributed by atoms with E-state index in [2.05, 4.69) is 41.3 Å². The van der Waals surface area contributed by atoms with Gasteiger partial charge in [0.15, 0.2) is 0 Å². The summed E-state index contributed by atoms with van der Waals surface area (Å²) in [6.07, 6.45) is 6.84. The highest BCUT2D eigenvalue weighted by atomic mass is 15.1. The molecule has 0 atom stereocenters. The molecule has 1 aromatic heterocycles. The topological polar surface area (TPSA) is 28.2 Å². The fraction of sp³-hybridized carbons (Fsp3) is 0.688. The van der Waals surface area contributed by atoms with Gasteiger partial charge in [0.1, 0.15) is 5.82 Å². The molecule has 1 saturated carbocycles. The minimum atomic E-state index is 0.739. The maximum absolute atomic E-state index is 4.60. The van der Waals surface area contributed by atoms with Crippen molar-refractivity contribution in [2.45, 2.75) is 51.6 Å². The van der Waals surface area contributed by atoms with Crippen LogP contribution < -0.4 is 5.32 Å². The third-order valence-corrected chi connectivity index (χ3v) is 4.49. The molecule has 0 unspecified atom stereocenters. The summed E-state index contributed by atoms with van der Waals surface area (Å²) < 4.78 is 0. The second kappa shape index (κ2) is 6.90. The van der Waals surface area contributed by atoms with Crippen LogP contribution in [-0.2, 0) is 6.54 Å². The van der Waals surface area contributed by atoms with Crippen molar-refractivity contribution in [2.24, 2.45) is 5.92 Å². The minimum Gasteiger partial charge on any atom is -0.373 e. The summed E-state index contributed by atoms with van der Waals surface area (Å²) in [6, 6.07) is 6.95. The van der Waals surface area contributed by atoms with Crippen LogP contribution in [0.1, 0.15) is 44.7 Å². The highest BCUT2D eigenvalue weighted by Gasteiger charge is 2.23. The van der Waals surface area contributed by atoms with E-state index >= 15 is 0 Å². The molecular formula is C16H27N3. The molecule has 1 aliphatic rings. The van der Waals surface area contributed by atoms with Crippen LogP contribution in [0.3, 0.4) is 0 Å². The number of aromatic nitrogens is 1. The van der Waals surface area contributed by atoms with E-state index in [1.807, 2.05) is 13.1 Å². The van der Waals surface area contributed by atoms with Crippen LogP contribution in [-0.4, -0.2) is 30.0 Å². The number of rotatable bonds is 5. The first-order valence-electron chi connectivity index (χ1n) is 7.56. The van der Waals surface area contributed by atoms with Gasteiger partial charge in [0.25, 0.3) is 0 Å². The average molecular weight is 261 g/mol. The van der Waals surface area contributed by atoms with Gasteiger partial charge in [-0.15, -0.1) is 0 Å². The van der Waals surface area contributed by atoms with Crippen LogP contribution in [0.5, 0.6) is 0 Å². The first-order chi connectivity index (χ1) is 9.22. The standard InChI is InChI=1S/C16H27N3/c1-4-13-8-10-15(11-9-13)19(3)12-14-6-5-7-16(17-2)18-14/h5-7,13,15H,4,8-12H2,1-3H3,(H,17,18). The summed E-state index contributed by atoms with van der Waals surface area (Å²) >= 11 is 0. The smallest absolute Gasteiger partial charge is 0.126 e. The van der Waals surface area contributed by atoms with Crippen LogP contribution in [0, 0.1) is 5.92 Å². The van der Waals surface area contributed by atoms with Crippen LogP contribution in [0.15, 0.2) is 18.2 Å². The quantitative estimate of drug-likeness (QED) is 0.879. The summed E-state index contributed by atoms with van der Waals surface area (Å²) in [5.41, 5.74) is 1.16. The van der Waals surface area contributed by atoms with Crippen LogP contribution >= 0.6 is 0 Å². The van der Waals surface area contributed by atoms with Gasteiger partial charge in [-0.25, -0.2) is 4.98 Å². The highest BCUT2D eigenvalue weighted by molar-refractivity contribution is 5.34. The van der Waals surface area contributed by atoms with Gasteiger partial charge >= 0.3 is 0 Å². The third kappa shape index (κ3) is 3.93. The van der Waals surface area contributed by atoms with E-state index in [1.54, 1.807) is 0 Å². The first kappa shape index (κ1) is 14.3.